The highest BCUT2D eigenvalue weighted by Crippen LogP contribution is 2.11. The third-order valence-electron chi connectivity index (χ3n) is 1.68. The number of ether oxygens (including phenoxy) is 1. The molecular formula is C9H17O2. The van der Waals surface area contributed by atoms with Gasteiger partial charge in [-0.1, -0.05) is 20.3 Å². The van der Waals surface area contributed by atoms with E-state index < -0.39 is 5.60 Å². The summed E-state index contributed by atoms with van der Waals surface area (Å²) in [5.41, 5.74) is -0.658. The predicted molar refractivity (Wildman–Crippen MR) is 45.3 cm³/mol. The molecule has 0 heterocycles. The van der Waals surface area contributed by atoms with Gasteiger partial charge in [0.15, 0.2) is 6.29 Å². The lowest BCUT2D eigenvalue weighted by Gasteiger charge is -2.21. The molecule has 2 nitrogen and oxygen atoms in total. The first-order valence-corrected chi connectivity index (χ1v) is 4.08. The maximum Gasteiger partial charge on any atom is 0.151 e. The van der Waals surface area contributed by atoms with Gasteiger partial charge in [-0.25, -0.2) is 0 Å². The molecule has 0 bridgehead atoms. The number of aldehydes is 1. The quantitative estimate of drug-likeness (QED) is 0.435. The average Bonchev–Trinajstić information content (AvgIpc) is 2.05. The van der Waals surface area contributed by atoms with Crippen LogP contribution >= 0.6 is 0 Å². The van der Waals surface area contributed by atoms with Gasteiger partial charge in [0.2, 0.25) is 0 Å². The molecule has 0 aliphatic carbocycles. The zero-order valence-electron chi connectivity index (χ0n) is 7.43. The second-order valence-corrected chi connectivity index (χ2v) is 2.88. The molecule has 1 radical (unpaired) electrons. The van der Waals surface area contributed by atoms with Crippen LogP contribution in [-0.2, 0) is 9.53 Å². The third kappa shape index (κ3) is 4.14. The molecule has 65 valence electrons. The van der Waals surface area contributed by atoms with Crippen molar-refractivity contribution in [1.29, 1.82) is 0 Å². The predicted octanol–water partition coefficient (Wildman–Crippen LogP) is 1.98. The molecular weight excluding hydrogens is 140 g/mol. The molecule has 0 saturated carbocycles. The molecule has 0 aliphatic heterocycles. The average molecular weight is 157 g/mol. The molecule has 0 saturated heterocycles. The number of carbonyl (C=O) groups is 1. The van der Waals surface area contributed by atoms with E-state index in [-0.39, 0.29) is 0 Å². The highest BCUT2D eigenvalue weighted by molar-refractivity contribution is 5.61. The van der Waals surface area contributed by atoms with Gasteiger partial charge < -0.3 is 9.53 Å². The Kier molecular flexibility index (Phi) is 5.12. The summed E-state index contributed by atoms with van der Waals surface area (Å²) in [5, 5.41) is 0. The van der Waals surface area contributed by atoms with Crippen molar-refractivity contribution in [2.75, 3.05) is 6.61 Å². The van der Waals surface area contributed by atoms with Crippen LogP contribution in [0.25, 0.3) is 0 Å². The summed E-state index contributed by atoms with van der Waals surface area (Å²) < 4.78 is 5.34. The minimum atomic E-state index is -0.658. The maximum absolute atomic E-state index is 10.5. The summed E-state index contributed by atoms with van der Waals surface area (Å²) in [7, 11) is 0. The summed E-state index contributed by atoms with van der Waals surface area (Å²) in [6.45, 7) is 8.16. The summed E-state index contributed by atoms with van der Waals surface area (Å²) in [4.78, 5) is 10.5. The van der Waals surface area contributed by atoms with Crippen LogP contribution in [0.5, 0.6) is 0 Å². The van der Waals surface area contributed by atoms with E-state index in [1.165, 1.54) is 0 Å². The van der Waals surface area contributed by atoms with Crippen molar-refractivity contribution in [2.24, 2.45) is 0 Å². The SMILES string of the molecule is [CH2]CC(C)(C=O)OCCCC. The summed E-state index contributed by atoms with van der Waals surface area (Å²) in [5.74, 6) is 0. The van der Waals surface area contributed by atoms with E-state index in [1.807, 2.05) is 0 Å². The fraction of sp³-hybridized carbons (Fsp3) is 0.778. The zero-order valence-corrected chi connectivity index (χ0v) is 7.43. The lowest BCUT2D eigenvalue weighted by Crippen LogP contribution is -2.30. The van der Waals surface area contributed by atoms with Gasteiger partial charge in [0, 0.05) is 6.61 Å². The van der Waals surface area contributed by atoms with E-state index in [0.29, 0.717) is 13.0 Å². The van der Waals surface area contributed by atoms with Crippen molar-refractivity contribution in [3.05, 3.63) is 6.92 Å². The van der Waals surface area contributed by atoms with Crippen molar-refractivity contribution in [3.8, 4) is 0 Å². The first kappa shape index (κ1) is 10.6. The van der Waals surface area contributed by atoms with Crippen molar-refractivity contribution in [1.82, 2.24) is 0 Å². The van der Waals surface area contributed by atoms with Gasteiger partial charge in [0.25, 0.3) is 0 Å². The van der Waals surface area contributed by atoms with Gasteiger partial charge in [0.1, 0.15) is 5.60 Å². The Bertz CT molecular complexity index is 112. The highest BCUT2D eigenvalue weighted by atomic mass is 16.5. The Morgan fingerprint density at radius 2 is 2.27 bits per heavy atom. The molecule has 0 aliphatic rings. The number of rotatable bonds is 6. The second-order valence-electron chi connectivity index (χ2n) is 2.88. The molecule has 1 atom stereocenters. The normalized spacial score (nSPS) is 15.9. The van der Waals surface area contributed by atoms with Crippen molar-refractivity contribution in [2.45, 2.75) is 38.7 Å². The van der Waals surface area contributed by atoms with E-state index in [4.69, 9.17) is 4.74 Å². The molecule has 0 aromatic carbocycles. The van der Waals surface area contributed by atoms with Crippen LogP contribution in [0.15, 0.2) is 0 Å². The molecule has 0 rings (SSSR count). The van der Waals surface area contributed by atoms with Crippen LogP contribution in [0.4, 0.5) is 0 Å². The van der Waals surface area contributed by atoms with Crippen LogP contribution in [0.2, 0.25) is 0 Å². The molecule has 0 N–H and O–H groups in total. The van der Waals surface area contributed by atoms with Crippen molar-refractivity contribution in [3.63, 3.8) is 0 Å². The fourth-order valence-electron chi connectivity index (χ4n) is 0.615. The lowest BCUT2D eigenvalue weighted by molar-refractivity contribution is -0.129. The van der Waals surface area contributed by atoms with E-state index in [0.717, 1.165) is 19.1 Å². The third-order valence-corrected chi connectivity index (χ3v) is 1.68. The van der Waals surface area contributed by atoms with Gasteiger partial charge >= 0.3 is 0 Å². The van der Waals surface area contributed by atoms with Gasteiger partial charge in [-0.15, -0.1) is 0 Å². The molecule has 0 amide bonds. The largest absolute Gasteiger partial charge is 0.368 e. The molecule has 0 aromatic rings. The number of hydrogen-bond acceptors (Lipinski definition) is 2. The molecule has 0 fully saturated rings. The topological polar surface area (TPSA) is 26.3 Å². The van der Waals surface area contributed by atoms with Crippen LogP contribution in [0.1, 0.15) is 33.1 Å². The Hall–Kier alpha value is -0.370. The van der Waals surface area contributed by atoms with Gasteiger partial charge in [-0.2, -0.15) is 0 Å². The number of hydrogen-bond donors (Lipinski definition) is 0. The van der Waals surface area contributed by atoms with Crippen LogP contribution in [0, 0.1) is 6.92 Å². The van der Waals surface area contributed by atoms with E-state index >= 15 is 0 Å². The Labute approximate surface area is 68.9 Å². The van der Waals surface area contributed by atoms with Gasteiger partial charge in [-0.3, -0.25) is 0 Å². The van der Waals surface area contributed by atoms with Gasteiger partial charge in [-0.05, 0) is 19.8 Å². The van der Waals surface area contributed by atoms with Crippen LogP contribution in [-0.4, -0.2) is 18.5 Å². The van der Waals surface area contributed by atoms with E-state index in [1.54, 1.807) is 6.92 Å². The van der Waals surface area contributed by atoms with Gasteiger partial charge in [0.05, 0.1) is 0 Å². The van der Waals surface area contributed by atoms with E-state index in [2.05, 4.69) is 13.8 Å². The molecule has 1 unspecified atom stereocenters. The lowest BCUT2D eigenvalue weighted by atomic mass is 10.1. The Morgan fingerprint density at radius 3 is 2.64 bits per heavy atom. The Morgan fingerprint density at radius 1 is 1.64 bits per heavy atom. The maximum atomic E-state index is 10.5. The summed E-state index contributed by atoms with van der Waals surface area (Å²) in [6.07, 6.45) is 3.42. The molecule has 11 heavy (non-hydrogen) atoms. The van der Waals surface area contributed by atoms with E-state index in [9.17, 15) is 4.79 Å². The summed E-state index contributed by atoms with van der Waals surface area (Å²) >= 11 is 0. The zero-order chi connectivity index (χ0) is 8.74. The highest BCUT2D eigenvalue weighted by Gasteiger charge is 2.20. The fourth-order valence-corrected chi connectivity index (χ4v) is 0.615. The summed E-state index contributed by atoms with van der Waals surface area (Å²) in [6, 6.07) is 0. The first-order chi connectivity index (χ1) is 5.18. The molecule has 0 spiro atoms. The van der Waals surface area contributed by atoms with Crippen molar-refractivity contribution < 1.29 is 9.53 Å². The van der Waals surface area contributed by atoms with Crippen LogP contribution < -0.4 is 0 Å². The molecule has 2 heteroatoms. The number of unbranched alkanes of at least 4 members (excludes halogenated alkanes) is 1. The Balaban J connectivity index is 3.60. The second kappa shape index (κ2) is 5.30. The van der Waals surface area contributed by atoms with Crippen LogP contribution in [0.3, 0.4) is 0 Å². The van der Waals surface area contributed by atoms with Crippen molar-refractivity contribution >= 4 is 6.29 Å². The first-order valence-electron chi connectivity index (χ1n) is 4.08. The number of carbonyl (C=O) groups excluding carboxylic acids is 1. The molecule has 0 aromatic heterocycles. The monoisotopic (exact) mass is 157 g/mol. The minimum absolute atomic E-state index is 0.500. The standard InChI is InChI=1S/C9H17O2/c1-4-6-7-11-9(3,5-2)8-10/h8H,2,4-7H2,1,3H3. The minimum Gasteiger partial charge on any atom is -0.368 e. The smallest absolute Gasteiger partial charge is 0.151 e.